The summed E-state index contributed by atoms with van der Waals surface area (Å²) in [6.07, 6.45) is 0. The number of thiocarbonyl (C=S) groups is 1. The Kier molecular flexibility index (Phi) is 3.41. The molecule has 0 bridgehead atoms. The molecule has 76 valence electrons. The van der Waals surface area contributed by atoms with E-state index >= 15 is 0 Å². The molecule has 0 aromatic carbocycles. The lowest BCUT2D eigenvalue weighted by Crippen LogP contribution is -2.14. The first-order valence-corrected chi connectivity index (χ1v) is 4.95. The van der Waals surface area contributed by atoms with Crippen molar-refractivity contribution in [2.45, 2.75) is 26.8 Å². The Balaban J connectivity index is 3.01. The Morgan fingerprint density at radius 3 is 2.64 bits per heavy atom. The molecular weight excluding hydrogens is 194 g/mol. The molecule has 3 N–H and O–H groups in total. The maximum atomic E-state index is 5.56. The molecule has 0 amide bonds. The van der Waals surface area contributed by atoms with Gasteiger partial charge in [0.15, 0.2) is 0 Å². The van der Waals surface area contributed by atoms with E-state index in [1.807, 2.05) is 19.1 Å². The van der Waals surface area contributed by atoms with Crippen LogP contribution >= 0.6 is 12.2 Å². The van der Waals surface area contributed by atoms with Gasteiger partial charge >= 0.3 is 0 Å². The molecule has 0 fully saturated rings. The predicted molar refractivity (Wildman–Crippen MR) is 63.6 cm³/mol. The molecule has 0 atom stereocenters. The van der Waals surface area contributed by atoms with Gasteiger partial charge in [0, 0.05) is 17.3 Å². The van der Waals surface area contributed by atoms with Crippen molar-refractivity contribution in [3.63, 3.8) is 0 Å². The van der Waals surface area contributed by atoms with Crippen molar-refractivity contribution in [1.29, 1.82) is 0 Å². The van der Waals surface area contributed by atoms with Crippen LogP contribution in [0.4, 0.5) is 5.82 Å². The molecule has 1 rings (SSSR count). The van der Waals surface area contributed by atoms with Crippen molar-refractivity contribution >= 4 is 23.0 Å². The van der Waals surface area contributed by atoms with Crippen molar-refractivity contribution in [3.8, 4) is 0 Å². The SMILES string of the molecule is Cc1cc(C(N)=S)cc(NC(C)C)n1. The summed E-state index contributed by atoms with van der Waals surface area (Å²) in [5, 5.41) is 3.21. The van der Waals surface area contributed by atoms with Gasteiger partial charge in [0.2, 0.25) is 0 Å². The van der Waals surface area contributed by atoms with E-state index in [4.69, 9.17) is 18.0 Å². The van der Waals surface area contributed by atoms with Crippen molar-refractivity contribution in [1.82, 2.24) is 4.98 Å². The van der Waals surface area contributed by atoms with Gasteiger partial charge in [-0.2, -0.15) is 0 Å². The second-order valence-electron chi connectivity index (χ2n) is 3.55. The van der Waals surface area contributed by atoms with Crippen LogP contribution in [-0.4, -0.2) is 16.0 Å². The highest BCUT2D eigenvalue weighted by Crippen LogP contribution is 2.10. The standard InChI is InChI=1S/C10H15N3S/c1-6(2)12-9-5-8(10(11)14)4-7(3)13-9/h4-6H,1-3H3,(H2,11,14)(H,12,13). The summed E-state index contributed by atoms with van der Waals surface area (Å²) >= 11 is 4.92. The topological polar surface area (TPSA) is 50.9 Å². The molecule has 1 aromatic rings. The third kappa shape index (κ3) is 2.96. The average Bonchev–Trinajstić information content (AvgIpc) is 2.01. The molecule has 0 spiro atoms. The van der Waals surface area contributed by atoms with Crippen molar-refractivity contribution < 1.29 is 0 Å². The van der Waals surface area contributed by atoms with Gasteiger partial charge in [0.1, 0.15) is 10.8 Å². The predicted octanol–water partition coefficient (Wildman–Crippen LogP) is 1.84. The van der Waals surface area contributed by atoms with Gasteiger partial charge in [-0.05, 0) is 32.9 Å². The highest BCUT2D eigenvalue weighted by molar-refractivity contribution is 7.80. The Morgan fingerprint density at radius 2 is 2.14 bits per heavy atom. The van der Waals surface area contributed by atoms with Crippen LogP contribution in [0.25, 0.3) is 0 Å². The van der Waals surface area contributed by atoms with E-state index in [2.05, 4.69) is 24.1 Å². The molecular formula is C10H15N3S. The van der Waals surface area contributed by atoms with Gasteiger partial charge in [0.25, 0.3) is 0 Å². The van der Waals surface area contributed by atoms with E-state index in [0.29, 0.717) is 11.0 Å². The van der Waals surface area contributed by atoms with Crippen molar-refractivity contribution in [3.05, 3.63) is 23.4 Å². The fraction of sp³-hybridized carbons (Fsp3) is 0.400. The quantitative estimate of drug-likeness (QED) is 0.746. The number of rotatable bonds is 3. The van der Waals surface area contributed by atoms with Gasteiger partial charge in [-0.3, -0.25) is 0 Å². The summed E-state index contributed by atoms with van der Waals surface area (Å²) in [5.41, 5.74) is 7.33. The van der Waals surface area contributed by atoms with E-state index in [1.54, 1.807) is 0 Å². The van der Waals surface area contributed by atoms with Gasteiger partial charge in [-0.1, -0.05) is 12.2 Å². The van der Waals surface area contributed by atoms with Crippen LogP contribution < -0.4 is 11.1 Å². The molecule has 0 aliphatic heterocycles. The first kappa shape index (κ1) is 10.9. The molecule has 0 aliphatic carbocycles. The Bertz CT molecular complexity index is 347. The van der Waals surface area contributed by atoms with E-state index in [-0.39, 0.29) is 0 Å². The van der Waals surface area contributed by atoms with E-state index in [9.17, 15) is 0 Å². The van der Waals surface area contributed by atoms with Crippen molar-refractivity contribution in [2.75, 3.05) is 5.32 Å². The number of nitrogens with one attached hydrogen (secondary N) is 1. The maximum Gasteiger partial charge on any atom is 0.127 e. The Morgan fingerprint density at radius 1 is 1.50 bits per heavy atom. The largest absolute Gasteiger partial charge is 0.389 e. The summed E-state index contributed by atoms with van der Waals surface area (Å²) in [7, 11) is 0. The number of aryl methyl sites for hydroxylation is 1. The fourth-order valence-corrected chi connectivity index (χ4v) is 1.30. The highest BCUT2D eigenvalue weighted by Gasteiger charge is 2.03. The molecule has 1 aromatic heterocycles. The highest BCUT2D eigenvalue weighted by atomic mass is 32.1. The number of hydrogen-bond acceptors (Lipinski definition) is 3. The average molecular weight is 209 g/mol. The molecule has 0 aliphatic rings. The number of aromatic nitrogens is 1. The minimum Gasteiger partial charge on any atom is -0.389 e. The van der Waals surface area contributed by atoms with Crippen LogP contribution in [0.2, 0.25) is 0 Å². The summed E-state index contributed by atoms with van der Waals surface area (Å²) < 4.78 is 0. The third-order valence-corrected chi connectivity index (χ3v) is 1.91. The van der Waals surface area contributed by atoms with Gasteiger partial charge < -0.3 is 11.1 Å². The Labute approximate surface area is 89.7 Å². The van der Waals surface area contributed by atoms with E-state index < -0.39 is 0 Å². The Hall–Kier alpha value is -1.16. The molecule has 0 radical (unpaired) electrons. The van der Waals surface area contributed by atoms with Gasteiger partial charge in [0.05, 0.1) is 0 Å². The zero-order chi connectivity index (χ0) is 10.7. The molecule has 0 saturated carbocycles. The number of hydrogen-bond donors (Lipinski definition) is 2. The minimum atomic E-state index is 0.350. The van der Waals surface area contributed by atoms with Gasteiger partial charge in [-0.25, -0.2) is 4.98 Å². The normalized spacial score (nSPS) is 10.3. The van der Waals surface area contributed by atoms with Crippen LogP contribution in [-0.2, 0) is 0 Å². The van der Waals surface area contributed by atoms with Gasteiger partial charge in [-0.15, -0.1) is 0 Å². The van der Waals surface area contributed by atoms with Crippen LogP contribution in [0.5, 0.6) is 0 Å². The molecule has 3 nitrogen and oxygen atoms in total. The van der Waals surface area contributed by atoms with Crippen LogP contribution in [0.15, 0.2) is 12.1 Å². The second-order valence-corrected chi connectivity index (χ2v) is 3.99. The fourth-order valence-electron chi connectivity index (χ4n) is 1.18. The third-order valence-electron chi connectivity index (χ3n) is 1.67. The first-order chi connectivity index (χ1) is 6.49. The van der Waals surface area contributed by atoms with Crippen LogP contribution in [0.3, 0.4) is 0 Å². The minimum absolute atomic E-state index is 0.350. The molecule has 4 heteroatoms. The summed E-state index contributed by atoms with van der Waals surface area (Å²) in [6.45, 7) is 6.04. The number of nitrogens with zero attached hydrogens (tertiary/aromatic N) is 1. The molecule has 0 unspecified atom stereocenters. The number of nitrogens with two attached hydrogens (primary N) is 1. The summed E-state index contributed by atoms with van der Waals surface area (Å²) in [5.74, 6) is 0.822. The maximum absolute atomic E-state index is 5.56. The zero-order valence-electron chi connectivity index (χ0n) is 8.66. The molecule has 0 saturated heterocycles. The molecule has 14 heavy (non-hydrogen) atoms. The van der Waals surface area contributed by atoms with Crippen molar-refractivity contribution in [2.24, 2.45) is 5.73 Å². The second kappa shape index (κ2) is 4.37. The zero-order valence-corrected chi connectivity index (χ0v) is 9.48. The van der Waals surface area contributed by atoms with E-state index in [0.717, 1.165) is 17.1 Å². The smallest absolute Gasteiger partial charge is 0.127 e. The van der Waals surface area contributed by atoms with Crippen LogP contribution in [0.1, 0.15) is 25.1 Å². The lowest BCUT2D eigenvalue weighted by molar-refractivity contribution is 0.886. The lowest BCUT2D eigenvalue weighted by Gasteiger charge is -2.11. The van der Waals surface area contributed by atoms with Crippen LogP contribution in [0, 0.1) is 6.92 Å². The lowest BCUT2D eigenvalue weighted by atomic mass is 10.2. The summed E-state index contributed by atoms with van der Waals surface area (Å²) in [4.78, 5) is 4.74. The molecule has 1 heterocycles. The monoisotopic (exact) mass is 209 g/mol. The summed E-state index contributed by atoms with van der Waals surface area (Å²) in [6, 6.07) is 4.10. The number of anilines is 1. The first-order valence-electron chi connectivity index (χ1n) is 4.54. The number of pyridine rings is 1. The van der Waals surface area contributed by atoms with E-state index in [1.165, 1.54) is 0 Å².